The van der Waals surface area contributed by atoms with E-state index in [-0.39, 0.29) is 12.3 Å². The number of likely N-dealkylation sites (tertiary alicyclic amines) is 1. The number of nitrogens with one attached hydrogen (secondary N) is 1. The van der Waals surface area contributed by atoms with E-state index in [1.165, 1.54) is 42.7 Å². The summed E-state index contributed by atoms with van der Waals surface area (Å²) in [6.45, 7) is 2.94. The lowest BCUT2D eigenvalue weighted by Gasteiger charge is -2.25. The number of nitrogens with zero attached hydrogens (tertiary/aromatic N) is 2. The lowest BCUT2D eigenvalue weighted by atomic mass is 10.1. The van der Waals surface area contributed by atoms with Crippen molar-refractivity contribution in [2.24, 2.45) is 0 Å². The summed E-state index contributed by atoms with van der Waals surface area (Å²) in [5.74, 6) is -0.288. The minimum absolute atomic E-state index is 0.0131. The first-order valence-electron chi connectivity index (χ1n) is 8.53. The Morgan fingerprint density at radius 2 is 1.85 bits per heavy atom. The Morgan fingerprint density at radius 1 is 1.15 bits per heavy atom. The van der Waals surface area contributed by atoms with Gasteiger partial charge in [-0.15, -0.1) is 11.3 Å². The summed E-state index contributed by atoms with van der Waals surface area (Å²) in [5.41, 5.74) is 0.742. The van der Waals surface area contributed by atoms with Crippen LogP contribution < -0.4 is 5.32 Å². The van der Waals surface area contributed by atoms with E-state index in [9.17, 15) is 18.0 Å². The summed E-state index contributed by atoms with van der Waals surface area (Å²) >= 11 is 1.36. The first-order chi connectivity index (χ1) is 12.4. The first kappa shape index (κ1) is 18.8. The lowest BCUT2D eigenvalue weighted by molar-refractivity contribution is -0.137. The van der Waals surface area contributed by atoms with Gasteiger partial charge in [-0.1, -0.05) is 18.6 Å². The number of amides is 1. The molecule has 0 saturated carbocycles. The van der Waals surface area contributed by atoms with Crippen LogP contribution in [0.15, 0.2) is 29.6 Å². The number of thiazole rings is 1. The van der Waals surface area contributed by atoms with Crippen molar-refractivity contribution in [3.8, 4) is 0 Å². The molecule has 0 unspecified atom stereocenters. The average Bonchev–Trinajstić information content (AvgIpc) is 3.02. The third-order valence-corrected chi connectivity index (χ3v) is 5.08. The van der Waals surface area contributed by atoms with Gasteiger partial charge < -0.3 is 5.32 Å². The van der Waals surface area contributed by atoms with Gasteiger partial charge in [-0.2, -0.15) is 13.2 Å². The zero-order valence-corrected chi connectivity index (χ0v) is 15.0. The summed E-state index contributed by atoms with van der Waals surface area (Å²) in [6, 6.07) is 4.63. The van der Waals surface area contributed by atoms with E-state index in [0.717, 1.165) is 37.5 Å². The molecule has 1 aliphatic rings. The number of hydrogen-bond donors (Lipinski definition) is 1. The highest BCUT2D eigenvalue weighted by molar-refractivity contribution is 7.13. The van der Waals surface area contributed by atoms with Crippen LogP contribution in [-0.4, -0.2) is 28.9 Å². The molecular formula is C18H20F3N3OS. The Bertz CT molecular complexity index is 737. The fourth-order valence-electron chi connectivity index (χ4n) is 2.94. The highest BCUT2D eigenvalue weighted by atomic mass is 32.1. The van der Waals surface area contributed by atoms with E-state index in [1.807, 2.05) is 5.38 Å². The van der Waals surface area contributed by atoms with Crippen molar-refractivity contribution in [2.45, 2.75) is 38.4 Å². The average molecular weight is 383 g/mol. The molecule has 1 aromatic carbocycles. The summed E-state index contributed by atoms with van der Waals surface area (Å²) < 4.78 is 37.7. The number of anilines is 1. The fourth-order valence-corrected chi connectivity index (χ4v) is 3.66. The molecule has 1 aliphatic heterocycles. The van der Waals surface area contributed by atoms with Crippen LogP contribution in [0.3, 0.4) is 0 Å². The van der Waals surface area contributed by atoms with Gasteiger partial charge in [0.25, 0.3) is 0 Å². The standard InChI is InChI=1S/C18H20F3N3OS/c19-18(20,21)14-6-4-13(5-7-14)10-16(25)23-17-22-15(12-26-17)11-24-8-2-1-3-9-24/h4-7,12H,1-3,8-11H2,(H,22,23,25). The molecule has 1 saturated heterocycles. The zero-order valence-electron chi connectivity index (χ0n) is 14.2. The van der Waals surface area contributed by atoms with Gasteiger partial charge in [0.05, 0.1) is 17.7 Å². The number of piperidine rings is 1. The Kier molecular flexibility index (Phi) is 5.93. The molecule has 3 rings (SSSR count). The quantitative estimate of drug-likeness (QED) is 0.836. The van der Waals surface area contributed by atoms with Gasteiger partial charge in [0.15, 0.2) is 5.13 Å². The first-order valence-corrected chi connectivity index (χ1v) is 9.41. The topological polar surface area (TPSA) is 45.2 Å². The van der Waals surface area contributed by atoms with Crippen LogP contribution >= 0.6 is 11.3 Å². The number of carbonyl (C=O) groups excluding carboxylic acids is 1. The predicted octanol–water partition coefficient (Wildman–Crippen LogP) is 4.33. The molecule has 0 aliphatic carbocycles. The van der Waals surface area contributed by atoms with Gasteiger partial charge in [-0.25, -0.2) is 4.98 Å². The smallest absolute Gasteiger partial charge is 0.302 e. The van der Waals surface area contributed by atoms with Crippen LogP contribution in [0.1, 0.15) is 36.1 Å². The molecule has 1 fully saturated rings. The number of benzene rings is 1. The van der Waals surface area contributed by atoms with Gasteiger partial charge in [-0.3, -0.25) is 9.69 Å². The molecule has 2 aromatic rings. The van der Waals surface area contributed by atoms with Gasteiger partial charge in [0.1, 0.15) is 0 Å². The van der Waals surface area contributed by atoms with Gasteiger partial charge in [0.2, 0.25) is 5.91 Å². The highest BCUT2D eigenvalue weighted by Gasteiger charge is 2.30. The molecular weight excluding hydrogens is 363 g/mol. The van der Waals surface area contributed by atoms with E-state index < -0.39 is 11.7 Å². The van der Waals surface area contributed by atoms with E-state index in [4.69, 9.17) is 0 Å². The van der Waals surface area contributed by atoms with Crippen molar-refractivity contribution in [1.29, 1.82) is 0 Å². The number of aromatic nitrogens is 1. The van der Waals surface area contributed by atoms with Crippen molar-refractivity contribution in [2.75, 3.05) is 18.4 Å². The SMILES string of the molecule is O=C(Cc1ccc(C(F)(F)F)cc1)Nc1nc(CN2CCCCC2)cs1. The Hall–Kier alpha value is -1.93. The molecule has 1 N–H and O–H groups in total. The van der Waals surface area contributed by atoms with E-state index in [1.54, 1.807) is 0 Å². The van der Waals surface area contributed by atoms with Crippen molar-refractivity contribution >= 4 is 22.4 Å². The van der Waals surface area contributed by atoms with Gasteiger partial charge >= 0.3 is 6.18 Å². The van der Waals surface area contributed by atoms with E-state index >= 15 is 0 Å². The molecule has 0 atom stereocenters. The van der Waals surface area contributed by atoms with Gasteiger partial charge in [-0.05, 0) is 43.6 Å². The Balaban J connectivity index is 1.51. The van der Waals surface area contributed by atoms with Crippen molar-refractivity contribution in [3.05, 3.63) is 46.5 Å². The minimum Gasteiger partial charge on any atom is -0.302 e. The minimum atomic E-state index is -4.37. The largest absolute Gasteiger partial charge is 0.416 e. The maximum absolute atomic E-state index is 12.6. The second kappa shape index (κ2) is 8.18. The number of halogens is 3. The monoisotopic (exact) mass is 383 g/mol. The maximum atomic E-state index is 12.6. The number of carbonyl (C=O) groups is 1. The van der Waals surface area contributed by atoms with Crippen LogP contribution in [0.2, 0.25) is 0 Å². The number of hydrogen-bond acceptors (Lipinski definition) is 4. The normalized spacial score (nSPS) is 15.8. The second-order valence-corrected chi connectivity index (χ2v) is 7.26. The van der Waals surface area contributed by atoms with Crippen LogP contribution in [0.25, 0.3) is 0 Å². The number of alkyl halides is 3. The molecule has 4 nitrogen and oxygen atoms in total. The summed E-state index contributed by atoms with van der Waals surface area (Å²) in [4.78, 5) is 18.9. The Labute approximate surface area is 154 Å². The third-order valence-electron chi connectivity index (χ3n) is 4.28. The number of rotatable bonds is 5. The third kappa shape index (κ3) is 5.28. The second-order valence-electron chi connectivity index (χ2n) is 6.40. The summed E-state index contributed by atoms with van der Waals surface area (Å²) in [6.07, 6.45) is -0.661. The molecule has 8 heteroatoms. The molecule has 0 spiro atoms. The molecule has 140 valence electrons. The molecule has 2 heterocycles. The van der Waals surface area contributed by atoms with Crippen molar-refractivity contribution < 1.29 is 18.0 Å². The van der Waals surface area contributed by atoms with Crippen LogP contribution in [0, 0.1) is 0 Å². The van der Waals surface area contributed by atoms with Crippen LogP contribution in [0.4, 0.5) is 18.3 Å². The molecule has 1 aromatic heterocycles. The highest BCUT2D eigenvalue weighted by Crippen LogP contribution is 2.29. The van der Waals surface area contributed by atoms with Crippen LogP contribution in [0.5, 0.6) is 0 Å². The molecule has 26 heavy (non-hydrogen) atoms. The lowest BCUT2D eigenvalue weighted by Crippen LogP contribution is -2.29. The van der Waals surface area contributed by atoms with Gasteiger partial charge in [0, 0.05) is 11.9 Å². The molecule has 0 radical (unpaired) electrons. The summed E-state index contributed by atoms with van der Waals surface area (Å²) in [7, 11) is 0. The Morgan fingerprint density at radius 3 is 2.50 bits per heavy atom. The van der Waals surface area contributed by atoms with E-state index in [2.05, 4.69) is 15.2 Å². The van der Waals surface area contributed by atoms with Crippen molar-refractivity contribution in [3.63, 3.8) is 0 Å². The molecule has 1 amide bonds. The molecule has 0 bridgehead atoms. The van der Waals surface area contributed by atoms with E-state index in [0.29, 0.717) is 10.7 Å². The van der Waals surface area contributed by atoms with Crippen LogP contribution in [-0.2, 0) is 23.9 Å². The zero-order chi connectivity index (χ0) is 18.6. The van der Waals surface area contributed by atoms with Crippen molar-refractivity contribution in [1.82, 2.24) is 9.88 Å². The maximum Gasteiger partial charge on any atom is 0.416 e. The predicted molar refractivity (Wildman–Crippen MR) is 95.0 cm³/mol. The summed E-state index contributed by atoms with van der Waals surface area (Å²) in [5, 5.41) is 5.18. The fraction of sp³-hybridized carbons (Fsp3) is 0.444.